The molecule has 2 heterocycles. The average molecular weight is 656 g/mol. The lowest BCUT2D eigenvalue weighted by molar-refractivity contribution is -0.157. The van der Waals surface area contributed by atoms with Gasteiger partial charge < -0.3 is 25.2 Å². The number of hydrogen-bond acceptors (Lipinski definition) is 7. The molecule has 0 spiro atoms. The average Bonchev–Trinajstić information content (AvgIpc) is 3.04. The number of hydrogen-bond donors (Lipinski definition) is 2. The molecule has 5 unspecified atom stereocenters. The Morgan fingerprint density at radius 3 is 2.06 bits per heavy atom. The number of rotatable bonds is 12. The summed E-state index contributed by atoms with van der Waals surface area (Å²) in [6.45, 7) is 16.0. The highest BCUT2D eigenvalue weighted by Gasteiger charge is 2.44. The van der Waals surface area contributed by atoms with Gasteiger partial charge >= 0.3 is 5.97 Å². The third-order valence-corrected chi connectivity index (χ3v) is 10.4. The summed E-state index contributed by atoms with van der Waals surface area (Å²) in [6, 6.07) is 7.50. The number of nitrogens with zero attached hydrogens (tertiary/aromatic N) is 3. The van der Waals surface area contributed by atoms with Gasteiger partial charge in [0, 0.05) is 31.6 Å². The molecule has 264 valence electrons. The minimum Gasteiger partial charge on any atom is -0.467 e. The van der Waals surface area contributed by atoms with Crippen LogP contribution in [0.2, 0.25) is 0 Å². The minimum atomic E-state index is -0.767. The number of ether oxygens (including phenoxy) is 1. The normalized spacial score (nSPS) is 21.5. The standard InChI is InChI=1S/C37H61N5O5/c1-25(2)29(24-41-22-16-14-20-27(41)33(44)42-23-17-15-21-28(42)35(46)47-10)40(9)34(45)31(36(3,4)5)39-32(43)30(38-8)37(6,7)26-18-12-11-13-19-26/h11-13,18-19,25,27-31,38H,14-17,20-24H2,1-10H3,(H,39,43). The quantitative estimate of drug-likeness (QED) is 0.328. The number of nitrogens with one attached hydrogen (secondary N) is 2. The molecule has 47 heavy (non-hydrogen) atoms. The van der Waals surface area contributed by atoms with Crippen LogP contribution in [0.15, 0.2) is 30.3 Å². The Morgan fingerprint density at radius 1 is 0.915 bits per heavy atom. The van der Waals surface area contributed by atoms with Crippen molar-refractivity contribution in [3.05, 3.63) is 35.9 Å². The van der Waals surface area contributed by atoms with E-state index in [4.69, 9.17) is 4.74 Å². The first-order valence-corrected chi connectivity index (χ1v) is 17.5. The Balaban J connectivity index is 1.83. The lowest BCUT2D eigenvalue weighted by Gasteiger charge is -2.45. The molecule has 1 aromatic rings. The predicted molar refractivity (Wildman–Crippen MR) is 186 cm³/mol. The Labute approximate surface area is 283 Å². The molecule has 5 atom stereocenters. The number of piperidine rings is 2. The van der Waals surface area contributed by atoms with E-state index in [0.717, 1.165) is 44.2 Å². The Bertz CT molecular complexity index is 1210. The fourth-order valence-electron chi connectivity index (χ4n) is 7.37. The highest BCUT2D eigenvalue weighted by atomic mass is 16.5. The van der Waals surface area contributed by atoms with Crippen molar-refractivity contribution in [2.75, 3.05) is 40.8 Å². The summed E-state index contributed by atoms with van der Waals surface area (Å²) in [4.78, 5) is 60.7. The number of amides is 3. The molecule has 2 aliphatic rings. The molecule has 3 rings (SSSR count). The monoisotopic (exact) mass is 655 g/mol. The molecule has 2 fully saturated rings. The first kappa shape index (κ1) is 38.5. The Kier molecular flexibility index (Phi) is 13.4. The maximum Gasteiger partial charge on any atom is 0.328 e. The van der Waals surface area contributed by atoms with Gasteiger partial charge in [0.2, 0.25) is 17.7 Å². The summed E-state index contributed by atoms with van der Waals surface area (Å²) in [7, 11) is 4.97. The molecule has 3 amide bonds. The Morgan fingerprint density at radius 2 is 1.51 bits per heavy atom. The van der Waals surface area contributed by atoms with Crippen molar-refractivity contribution in [1.82, 2.24) is 25.3 Å². The molecule has 10 nitrogen and oxygen atoms in total. The number of likely N-dealkylation sites (tertiary alicyclic amines) is 2. The molecular weight excluding hydrogens is 594 g/mol. The summed E-state index contributed by atoms with van der Waals surface area (Å²) in [6.07, 6.45) is 5.01. The molecule has 0 aromatic heterocycles. The molecule has 2 saturated heterocycles. The Hall–Kier alpha value is -2.98. The van der Waals surface area contributed by atoms with Gasteiger partial charge in [0.15, 0.2) is 0 Å². The minimum absolute atomic E-state index is 0.0183. The van der Waals surface area contributed by atoms with E-state index < -0.39 is 29.0 Å². The number of carbonyl (C=O) groups is 4. The fraction of sp³-hybridized carbons (Fsp3) is 0.730. The van der Waals surface area contributed by atoms with Gasteiger partial charge in [-0.3, -0.25) is 19.3 Å². The van der Waals surface area contributed by atoms with Crippen molar-refractivity contribution < 1.29 is 23.9 Å². The molecule has 0 aliphatic carbocycles. The smallest absolute Gasteiger partial charge is 0.328 e. The molecular formula is C37H61N5O5. The molecule has 1 aromatic carbocycles. The number of methoxy groups -OCH3 is 1. The van der Waals surface area contributed by atoms with Crippen molar-refractivity contribution in [2.45, 2.75) is 123 Å². The molecule has 0 bridgehead atoms. The first-order valence-electron chi connectivity index (χ1n) is 17.5. The topological polar surface area (TPSA) is 111 Å². The van der Waals surface area contributed by atoms with Gasteiger partial charge in [-0.1, -0.05) is 85.2 Å². The van der Waals surface area contributed by atoms with E-state index in [1.165, 1.54) is 7.11 Å². The van der Waals surface area contributed by atoms with Crippen LogP contribution in [0, 0.1) is 11.3 Å². The summed E-state index contributed by atoms with van der Waals surface area (Å²) in [5.74, 6) is -0.659. The number of benzene rings is 1. The van der Waals surface area contributed by atoms with Crippen molar-refractivity contribution in [1.29, 1.82) is 0 Å². The van der Waals surface area contributed by atoms with Crippen LogP contribution in [0.5, 0.6) is 0 Å². The van der Waals surface area contributed by atoms with Gasteiger partial charge in [-0.25, -0.2) is 4.79 Å². The van der Waals surface area contributed by atoms with Crippen molar-refractivity contribution in [2.24, 2.45) is 11.3 Å². The summed E-state index contributed by atoms with van der Waals surface area (Å²) in [5.41, 5.74) is -0.0637. The number of likely N-dealkylation sites (N-methyl/N-ethyl adjacent to an activating group) is 2. The van der Waals surface area contributed by atoms with E-state index in [1.54, 1.807) is 16.8 Å². The SMILES string of the molecule is CNC(C(=O)NC(C(=O)N(C)C(CN1CCCCC1C(=O)N1CCCCC1C(=O)OC)C(C)C)C(C)(C)C)C(C)(C)c1ccccc1. The van der Waals surface area contributed by atoms with Gasteiger partial charge in [0.25, 0.3) is 0 Å². The first-order chi connectivity index (χ1) is 22.1. The van der Waals surface area contributed by atoms with Gasteiger partial charge in [-0.15, -0.1) is 0 Å². The molecule has 2 aliphatic heterocycles. The van der Waals surface area contributed by atoms with Crippen LogP contribution in [-0.4, -0.2) is 109 Å². The summed E-state index contributed by atoms with van der Waals surface area (Å²) >= 11 is 0. The van der Waals surface area contributed by atoms with E-state index >= 15 is 0 Å². The largest absolute Gasteiger partial charge is 0.467 e. The second-order valence-corrected chi connectivity index (χ2v) is 15.5. The van der Waals surface area contributed by atoms with Gasteiger partial charge in [0.1, 0.15) is 12.1 Å². The van der Waals surface area contributed by atoms with E-state index in [1.807, 2.05) is 72.0 Å². The highest BCUT2D eigenvalue weighted by molar-refractivity contribution is 5.91. The molecule has 0 saturated carbocycles. The van der Waals surface area contributed by atoms with Crippen molar-refractivity contribution in [3.63, 3.8) is 0 Å². The second-order valence-electron chi connectivity index (χ2n) is 15.5. The van der Waals surface area contributed by atoms with Crippen LogP contribution in [0.4, 0.5) is 0 Å². The van der Waals surface area contributed by atoms with E-state index in [2.05, 4.69) is 29.4 Å². The predicted octanol–water partition coefficient (Wildman–Crippen LogP) is 3.97. The van der Waals surface area contributed by atoms with Gasteiger partial charge in [-0.2, -0.15) is 0 Å². The molecule has 2 N–H and O–H groups in total. The van der Waals surface area contributed by atoms with E-state index in [9.17, 15) is 19.2 Å². The third kappa shape index (κ3) is 9.13. The third-order valence-electron chi connectivity index (χ3n) is 10.4. The van der Waals surface area contributed by atoms with Crippen LogP contribution in [0.25, 0.3) is 0 Å². The molecule has 0 radical (unpaired) electrons. The lowest BCUT2D eigenvalue weighted by atomic mass is 9.76. The van der Waals surface area contributed by atoms with E-state index in [-0.39, 0.29) is 41.7 Å². The number of carbonyl (C=O) groups excluding carboxylic acids is 4. The van der Waals surface area contributed by atoms with Gasteiger partial charge in [0.05, 0.1) is 19.2 Å². The summed E-state index contributed by atoms with van der Waals surface area (Å²) in [5, 5.41) is 6.35. The zero-order chi connectivity index (χ0) is 35.1. The molecule has 10 heteroatoms. The second kappa shape index (κ2) is 16.4. The zero-order valence-electron chi connectivity index (χ0n) is 30.6. The number of esters is 1. The van der Waals surface area contributed by atoms with Gasteiger partial charge in [-0.05, 0) is 62.6 Å². The lowest BCUT2D eigenvalue weighted by Crippen LogP contribution is -2.63. The van der Waals surface area contributed by atoms with Crippen LogP contribution in [0.1, 0.15) is 92.6 Å². The fourth-order valence-corrected chi connectivity index (χ4v) is 7.37. The zero-order valence-corrected chi connectivity index (χ0v) is 30.6. The van der Waals surface area contributed by atoms with Crippen molar-refractivity contribution >= 4 is 23.7 Å². The van der Waals surface area contributed by atoms with Crippen molar-refractivity contribution in [3.8, 4) is 0 Å². The van der Waals surface area contributed by atoms with Crippen LogP contribution in [-0.2, 0) is 29.3 Å². The van der Waals surface area contributed by atoms with Crippen LogP contribution in [0.3, 0.4) is 0 Å². The maximum atomic E-state index is 14.4. The van der Waals surface area contributed by atoms with Crippen LogP contribution >= 0.6 is 0 Å². The maximum absolute atomic E-state index is 14.4. The van der Waals surface area contributed by atoms with E-state index in [0.29, 0.717) is 19.5 Å². The summed E-state index contributed by atoms with van der Waals surface area (Å²) < 4.78 is 5.05. The van der Waals surface area contributed by atoms with Crippen LogP contribution < -0.4 is 10.6 Å². The highest BCUT2D eigenvalue weighted by Crippen LogP contribution is 2.30.